The summed E-state index contributed by atoms with van der Waals surface area (Å²) in [5, 5.41) is 5.48. The molecule has 3 heteroatoms. The number of rotatable bonds is 2. The second-order valence-corrected chi connectivity index (χ2v) is 21.7. The molecule has 0 N–H and O–H groups in total. The number of fused-ring (bicyclic) bond motifs is 3. The summed E-state index contributed by atoms with van der Waals surface area (Å²) in [6.07, 6.45) is 0. The van der Waals surface area contributed by atoms with Crippen LogP contribution in [-0.4, -0.2) is 3.21 Å². The first-order valence-electron chi connectivity index (χ1n) is 15.2. The van der Waals surface area contributed by atoms with Crippen molar-refractivity contribution in [3.63, 3.8) is 0 Å². The Morgan fingerprint density at radius 2 is 1.02 bits per heavy atom. The maximum atomic E-state index is 6.24. The van der Waals surface area contributed by atoms with Crippen molar-refractivity contribution in [2.45, 2.75) is 66.2 Å². The minimum absolute atomic E-state index is 0.203. The van der Waals surface area contributed by atoms with Crippen LogP contribution in [0.15, 0.2) is 121 Å². The molecule has 0 unspecified atom stereocenters. The van der Waals surface area contributed by atoms with Crippen LogP contribution in [0, 0.1) is 13.8 Å². The van der Waals surface area contributed by atoms with E-state index in [2.05, 4.69) is 140 Å². The van der Waals surface area contributed by atoms with Gasteiger partial charge in [-0.15, -0.1) is 39.7 Å². The summed E-state index contributed by atoms with van der Waals surface area (Å²) < 4.78 is 1.15. The number of hydrogen-bond donors (Lipinski definition) is 0. The van der Waals surface area contributed by atoms with Gasteiger partial charge in [-0.25, -0.2) is 11.6 Å². The third kappa shape index (κ3) is 9.00. The van der Waals surface area contributed by atoms with E-state index < -0.39 is 18.9 Å². The van der Waals surface area contributed by atoms with Crippen molar-refractivity contribution in [3.05, 3.63) is 155 Å². The quantitative estimate of drug-likeness (QED) is 0.158. The Morgan fingerprint density at radius 1 is 0.591 bits per heavy atom. The molecular weight excluding hydrogens is 655 g/mol. The molecule has 0 nitrogen and oxygen atoms in total. The van der Waals surface area contributed by atoms with Gasteiger partial charge < -0.3 is 0 Å². The molecular formula is C41H44Cl2Zr-2. The van der Waals surface area contributed by atoms with Gasteiger partial charge in [-0.05, 0) is 10.8 Å². The molecule has 6 aromatic rings. The Labute approximate surface area is 279 Å². The standard InChI is InChI=1S/C21H25.C13H10.C7H9.2ClH.Zr/c1-20(2,3)16-7-9-18-14(12-16)11-15-13-17(21(4,5)6)8-10-19(15)18;1-3-7-12(8-4-1)11-13-9-5-2-6-10-13;1-6-3-4-7(2)5-6;;;/h7-13H,1-6H3;1-10H;3-5H,1-2H3;2*1H;/q-1;;-1;;;+2/p-2. The molecule has 0 saturated carbocycles. The molecule has 0 aliphatic rings. The van der Waals surface area contributed by atoms with E-state index in [1.54, 1.807) is 0 Å². The van der Waals surface area contributed by atoms with Crippen molar-refractivity contribution in [2.75, 3.05) is 0 Å². The molecule has 0 radical (unpaired) electrons. The van der Waals surface area contributed by atoms with E-state index in [-0.39, 0.29) is 10.8 Å². The first kappa shape index (κ1) is 34.3. The molecule has 0 saturated heterocycles. The molecule has 0 spiro atoms. The molecule has 44 heavy (non-hydrogen) atoms. The van der Waals surface area contributed by atoms with Crippen LogP contribution in [0.25, 0.3) is 21.5 Å². The Hall–Kier alpha value is -2.57. The van der Waals surface area contributed by atoms with Crippen LogP contribution in [0.5, 0.6) is 0 Å². The van der Waals surface area contributed by atoms with Crippen molar-refractivity contribution < 1.29 is 18.9 Å². The SMILES string of the molecule is CC(C)(C)c1ccc2c(c1)[cH-]c1cc(C(C)(C)C)ccc12.Cc1c[cH-]c(C)c1.[Cl][Zr]([Cl])=[C](c1ccccc1)c1ccccc1. The summed E-state index contributed by atoms with van der Waals surface area (Å²) in [7, 11) is 12.5. The molecule has 6 rings (SSSR count). The van der Waals surface area contributed by atoms with E-state index in [9.17, 15) is 0 Å². The maximum absolute atomic E-state index is 6.24. The average Bonchev–Trinajstić information content (AvgIpc) is 3.54. The predicted molar refractivity (Wildman–Crippen MR) is 194 cm³/mol. The fourth-order valence-corrected chi connectivity index (χ4v) is 9.74. The third-order valence-corrected chi connectivity index (χ3v) is 12.4. The van der Waals surface area contributed by atoms with Gasteiger partial charge in [0, 0.05) is 0 Å². The van der Waals surface area contributed by atoms with Gasteiger partial charge in [0.1, 0.15) is 0 Å². The number of hydrogen-bond acceptors (Lipinski definition) is 0. The van der Waals surface area contributed by atoms with Gasteiger partial charge in [-0.1, -0.05) is 90.8 Å². The zero-order valence-electron chi connectivity index (χ0n) is 27.3. The van der Waals surface area contributed by atoms with Crippen LogP contribution in [-0.2, 0) is 29.7 Å². The molecule has 0 amide bonds. The summed E-state index contributed by atoms with van der Waals surface area (Å²) in [5.41, 5.74) is 8.22. The summed E-state index contributed by atoms with van der Waals surface area (Å²) in [6, 6.07) is 42.9. The number of halogens is 2. The summed E-state index contributed by atoms with van der Waals surface area (Å²) in [5.74, 6) is 0. The number of aryl methyl sites for hydroxylation is 2. The van der Waals surface area contributed by atoms with Crippen LogP contribution >= 0.6 is 17.0 Å². The van der Waals surface area contributed by atoms with Gasteiger partial charge in [0.05, 0.1) is 0 Å². The van der Waals surface area contributed by atoms with Gasteiger partial charge in [0.15, 0.2) is 0 Å². The average molecular weight is 699 g/mol. The number of benzene rings is 4. The first-order valence-corrected chi connectivity index (χ1v) is 22.8. The van der Waals surface area contributed by atoms with Gasteiger partial charge in [-0.2, -0.15) is 17.7 Å². The Balaban J connectivity index is 0.000000169. The van der Waals surface area contributed by atoms with E-state index in [0.717, 1.165) is 14.3 Å². The van der Waals surface area contributed by atoms with Crippen molar-refractivity contribution in [1.29, 1.82) is 0 Å². The molecule has 0 bridgehead atoms. The zero-order valence-corrected chi connectivity index (χ0v) is 31.3. The van der Waals surface area contributed by atoms with Crippen LogP contribution in [0.1, 0.15) is 74.9 Å². The van der Waals surface area contributed by atoms with Crippen LogP contribution in [0.3, 0.4) is 0 Å². The first-order chi connectivity index (χ1) is 20.7. The zero-order chi connectivity index (χ0) is 32.1. The van der Waals surface area contributed by atoms with Gasteiger partial charge in [0.2, 0.25) is 0 Å². The van der Waals surface area contributed by atoms with Gasteiger partial charge in [0.25, 0.3) is 0 Å². The monoisotopic (exact) mass is 696 g/mol. The molecule has 0 aliphatic carbocycles. The Morgan fingerprint density at radius 3 is 1.32 bits per heavy atom. The summed E-state index contributed by atoms with van der Waals surface area (Å²) in [4.78, 5) is 0. The molecule has 0 aromatic heterocycles. The Bertz CT molecular complexity index is 1710. The van der Waals surface area contributed by atoms with Crippen molar-refractivity contribution >= 4 is 41.8 Å². The minimum atomic E-state index is -2.44. The van der Waals surface area contributed by atoms with E-state index in [0.29, 0.717) is 0 Å². The Kier molecular flexibility index (Phi) is 11.5. The fourth-order valence-electron chi connectivity index (χ4n) is 5.27. The molecule has 228 valence electrons. The van der Waals surface area contributed by atoms with E-state index in [1.165, 1.54) is 43.8 Å². The van der Waals surface area contributed by atoms with Crippen LogP contribution in [0.2, 0.25) is 0 Å². The van der Waals surface area contributed by atoms with Gasteiger partial charge >= 0.3 is 111 Å². The second kappa shape index (κ2) is 14.7. The van der Waals surface area contributed by atoms with Crippen molar-refractivity contribution in [3.8, 4) is 0 Å². The topological polar surface area (TPSA) is 0 Å². The van der Waals surface area contributed by atoms with E-state index in [4.69, 9.17) is 17.0 Å². The molecule has 0 fully saturated rings. The van der Waals surface area contributed by atoms with E-state index in [1.807, 2.05) is 36.4 Å². The van der Waals surface area contributed by atoms with Gasteiger partial charge in [-0.3, -0.25) is 0 Å². The third-order valence-electron chi connectivity index (χ3n) is 7.81. The van der Waals surface area contributed by atoms with Crippen molar-refractivity contribution in [1.82, 2.24) is 0 Å². The summed E-state index contributed by atoms with van der Waals surface area (Å²) in [6.45, 7) is 17.8. The summed E-state index contributed by atoms with van der Waals surface area (Å²) >= 11 is -2.44. The van der Waals surface area contributed by atoms with Crippen LogP contribution in [0.4, 0.5) is 0 Å². The predicted octanol–water partition coefficient (Wildman–Crippen LogP) is 12.5. The molecule has 6 aromatic carbocycles. The fraction of sp³-hybridized carbons (Fsp3) is 0.244. The van der Waals surface area contributed by atoms with Crippen LogP contribution < -0.4 is 0 Å². The molecule has 0 atom stereocenters. The van der Waals surface area contributed by atoms with E-state index >= 15 is 0 Å². The second-order valence-electron chi connectivity index (χ2n) is 13.6. The molecule has 0 aliphatic heterocycles. The molecule has 0 heterocycles. The normalized spacial score (nSPS) is 11.4. The van der Waals surface area contributed by atoms with Crippen molar-refractivity contribution in [2.24, 2.45) is 0 Å².